The molecular weight excluding hydrogens is 206 g/mol. The highest BCUT2D eigenvalue weighted by atomic mass is 16.4. The highest BCUT2D eigenvalue weighted by Crippen LogP contribution is 2.11. The lowest BCUT2D eigenvalue weighted by molar-refractivity contribution is -0.136. The van der Waals surface area contributed by atoms with E-state index in [1.807, 2.05) is 13.0 Å². The molecule has 0 saturated carbocycles. The molecule has 0 aliphatic carbocycles. The monoisotopic (exact) mass is 217 g/mol. The summed E-state index contributed by atoms with van der Waals surface area (Å²) in [7, 11) is 0. The van der Waals surface area contributed by atoms with Gasteiger partial charge in [-0.25, -0.2) is 4.68 Å². The first-order valence-corrected chi connectivity index (χ1v) is 4.84. The Hall–Kier alpha value is -2.17. The molecule has 2 aromatic heterocycles. The van der Waals surface area contributed by atoms with Crippen molar-refractivity contribution < 1.29 is 9.90 Å². The average Bonchev–Trinajstić information content (AvgIpc) is 2.60. The summed E-state index contributed by atoms with van der Waals surface area (Å²) in [6, 6.07) is 5.39. The minimum atomic E-state index is -0.870. The predicted octanol–water partition coefficient (Wildman–Crippen LogP) is 1.20. The zero-order valence-corrected chi connectivity index (χ0v) is 8.79. The van der Waals surface area contributed by atoms with E-state index in [-0.39, 0.29) is 6.42 Å². The lowest BCUT2D eigenvalue weighted by atomic mass is 10.3. The van der Waals surface area contributed by atoms with Crippen LogP contribution < -0.4 is 0 Å². The number of carbonyl (C=O) groups is 1. The van der Waals surface area contributed by atoms with Crippen molar-refractivity contribution >= 4 is 5.97 Å². The van der Waals surface area contributed by atoms with Crippen molar-refractivity contribution in [3.05, 3.63) is 42.0 Å². The number of aryl methyl sites for hydroxylation is 1. The second-order valence-electron chi connectivity index (χ2n) is 3.47. The molecule has 0 radical (unpaired) electrons. The van der Waals surface area contributed by atoms with Gasteiger partial charge in [0.25, 0.3) is 0 Å². The van der Waals surface area contributed by atoms with Gasteiger partial charge in [-0.2, -0.15) is 5.10 Å². The Morgan fingerprint density at radius 3 is 3.00 bits per heavy atom. The van der Waals surface area contributed by atoms with Gasteiger partial charge in [0.2, 0.25) is 0 Å². The summed E-state index contributed by atoms with van der Waals surface area (Å²) in [4.78, 5) is 14.7. The molecule has 2 rings (SSSR count). The zero-order chi connectivity index (χ0) is 11.5. The number of aliphatic carboxylic acids is 1. The first-order chi connectivity index (χ1) is 7.66. The van der Waals surface area contributed by atoms with Gasteiger partial charge in [0.05, 0.1) is 29.7 Å². The Kier molecular flexibility index (Phi) is 2.68. The number of carboxylic acids is 1. The van der Waals surface area contributed by atoms with Crippen molar-refractivity contribution in [2.75, 3.05) is 0 Å². The summed E-state index contributed by atoms with van der Waals surface area (Å²) < 4.78 is 1.61. The van der Waals surface area contributed by atoms with Gasteiger partial charge >= 0.3 is 5.97 Å². The average molecular weight is 217 g/mol. The van der Waals surface area contributed by atoms with E-state index in [2.05, 4.69) is 10.1 Å². The van der Waals surface area contributed by atoms with Crippen molar-refractivity contribution in [1.29, 1.82) is 0 Å². The minimum absolute atomic E-state index is 0.0459. The van der Waals surface area contributed by atoms with E-state index >= 15 is 0 Å². The summed E-state index contributed by atoms with van der Waals surface area (Å²) in [6.45, 7) is 1.83. The molecule has 0 amide bonds. The van der Waals surface area contributed by atoms with Crippen LogP contribution in [0.5, 0.6) is 0 Å². The highest BCUT2D eigenvalue weighted by Gasteiger charge is 2.10. The van der Waals surface area contributed by atoms with Gasteiger partial charge in [-0.05, 0) is 25.1 Å². The van der Waals surface area contributed by atoms with Gasteiger partial charge in [0, 0.05) is 6.20 Å². The standard InChI is InChI=1S/C11H11N3O2/c1-8-5-10(6-11(15)16)14(13-8)9-3-2-4-12-7-9/h2-5,7H,6H2,1H3,(H,15,16). The van der Waals surface area contributed by atoms with Gasteiger partial charge < -0.3 is 5.11 Å². The molecule has 0 fully saturated rings. The molecule has 2 aromatic rings. The Morgan fingerprint density at radius 1 is 1.56 bits per heavy atom. The molecule has 0 atom stereocenters. The quantitative estimate of drug-likeness (QED) is 0.838. The third-order valence-electron chi connectivity index (χ3n) is 2.13. The number of nitrogens with zero attached hydrogens (tertiary/aromatic N) is 3. The van der Waals surface area contributed by atoms with Crippen LogP contribution in [0.4, 0.5) is 0 Å². The molecule has 16 heavy (non-hydrogen) atoms. The van der Waals surface area contributed by atoms with Crippen LogP contribution in [0.2, 0.25) is 0 Å². The lowest BCUT2D eigenvalue weighted by Crippen LogP contribution is -2.08. The Morgan fingerprint density at radius 2 is 2.38 bits per heavy atom. The number of rotatable bonds is 3. The maximum Gasteiger partial charge on any atom is 0.309 e. The van der Waals surface area contributed by atoms with Gasteiger partial charge in [-0.1, -0.05) is 0 Å². The van der Waals surface area contributed by atoms with Gasteiger partial charge in [-0.3, -0.25) is 9.78 Å². The molecule has 2 heterocycles. The Labute approximate surface area is 92.4 Å². The van der Waals surface area contributed by atoms with Crippen LogP contribution in [0.3, 0.4) is 0 Å². The summed E-state index contributed by atoms with van der Waals surface area (Å²) in [6.07, 6.45) is 3.27. The largest absolute Gasteiger partial charge is 0.481 e. The summed E-state index contributed by atoms with van der Waals surface area (Å²) in [5.41, 5.74) is 2.21. The maximum atomic E-state index is 10.7. The molecule has 82 valence electrons. The van der Waals surface area contributed by atoms with Crippen LogP contribution in [-0.2, 0) is 11.2 Å². The summed E-state index contributed by atoms with van der Waals surface area (Å²) >= 11 is 0. The molecule has 0 saturated heterocycles. The third kappa shape index (κ3) is 2.08. The molecule has 5 heteroatoms. The minimum Gasteiger partial charge on any atom is -0.481 e. The number of aromatic nitrogens is 3. The van der Waals surface area contributed by atoms with Crippen molar-refractivity contribution in [1.82, 2.24) is 14.8 Å². The van der Waals surface area contributed by atoms with Crippen LogP contribution in [-0.4, -0.2) is 25.8 Å². The van der Waals surface area contributed by atoms with Crippen molar-refractivity contribution in [3.63, 3.8) is 0 Å². The molecule has 0 unspecified atom stereocenters. The molecule has 0 aliphatic rings. The third-order valence-corrected chi connectivity index (χ3v) is 2.13. The van der Waals surface area contributed by atoms with E-state index in [0.717, 1.165) is 11.4 Å². The summed E-state index contributed by atoms with van der Waals surface area (Å²) in [5.74, 6) is -0.870. The van der Waals surface area contributed by atoms with Crippen LogP contribution in [0.25, 0.3) is 5.69 Å². The van der Waals surface area contributed by atoms with E-state index in [9.17, 15) is 4.79 Å². The van der Waals surface area contributed by atoms with Gasteiger partial charge in [0.15, 0.2) is 0 Å². The molecule has 0 aliphatic heterocycles. The van der Waals surface area contributed by atoms with Crippen molar-refractivity contribution in [2.24, 2.45) is 0 Å². The predicted molar refractivity (Wildman–Crippen MR) is 57.4 cm³/mol. The topological polar surface area (TPSA) is 68.0 Å². The number of carboxylic acid groups (broad SMARTS) is 1. The SMILES string of the molecule is Cc1cc(CC(=O)O)n(-c2cccnc2)n1. The van der Waals surface area contributed by atoms with Crippen LogP contribution in [0, 0.1) is 6.92 Å². The molecule has 0 spiro atoms. The van der Waals surface area contributed by atoms with Crippen LogP contribution in [0.1, 0.15) is 11.4 Å². The molecule has 1 N–H and O–H groups in total. The van der Waals surface area contributed by atoms with E-state index in [1.165, 1.54) is 0 Å². The number of hydrogen-bond acceptors (Lipinski definition) is 3. The van der Waals surface area contributed by atoms with Crippen molar-refractivity contribution in [3.8, 4) is 5.69 Å². The smallest absolute Gasteiger partial charge is 0.309 e. The fraction of sp³-hybridized carbons (Fsp3) is 0.182. The number of hydrogen-bond donors (Lipinski definition) is 1. The van der Waals surface area contributed by atoms with Crippen LogP contribution >= 0.6 is 0 Å². The van der Waals surface area contributed by atoms with E-state index in [1.54, 1.807) is 29.2 Å². The molecule has 0 bridgehead atoms. The highest BCUT2D eigenvalue weighted by molar-refractivity contribution is 5.69. The van der Waals surface area contributed by atoms with E-state index < -0.39 is 5.97 Å². The van der Waals surface area contributed by atoms with Crippen molar-refractivity contribution in [2.45, 2.75) is 13.3 Å². The zero-order valence-electron chi connectivity index (χ0n) is 8.79. The first kappa shape index (κ1) is 10.4. The Bertz CT molecular complexity index is 505. The van der Waals surface area contributed by atoms with Gasteiger partial charge in [0.1, 0.15) is 0 Å². The lowest BCUT2D eigenvalue weighted by Gasteiger charge is -2.04. The summed E-state index contributed by atoms with van der Waals surface area (Å²) in [5, 5.41) is 13.0. The molecule has 5 nitrogen and oxygen atoms in total. The fourth-order valence-corrected chi connectivity index (χ4v) is 1.54. The maximum absolute atomic E-state index is 10.7. The normalized spacial score (nSPS) is 10.3. The molecule has 0 aromatic carbocycles. The number of pyridine rings is 1. The van der Waals surface area contributed by atoms with E-state index in [4.69, 9.17) is 5.11 Å². The van der Waals surface area contributed by atoms with Gasteiger partial charge in [-0.15, -0.1) is 0 Å². The first-order valence-electron chi connectivity index (χ1n) is 4.84. The van der Waals surface area contributed by atoms with Crippen LogP contribution in [0.15, 0.2) is 30.6 Å². The molecular formula is C11H11N3O2. The second kappa shape index (κ2) is 4.14. The Balaban J connectivity index is 2.44. The van der Waals surface area contributed by atoms with E-state index in [0.29, 0.717) is 5.69 Å². The fourth-order valence-electron chi connectivity index (χ4n) is 1.54. The second-order valence-corrected chi connectivity index (χ2v) is 3.47.